The van der Waals surface area contributed by atoms with Gasteiger partial charge in [0.05, 0.1) is 0 Å². The zero-order valence-electron chi connectivity index (χ0n) is 11.4. The molecule has 0 fully saturated rings. The summed E-state index contributed by atoms with van der Waals surface area (Å²) in [5.74, 6) is -1.93. The van der Waals surface area contributed by atoms with Crippen LogP contribution in [0.15, 0.2) is 48.5 Å². The summed E-state index contributed by atoms with van der Waals surface area (Å²) >= 11 is 0. The van der Waals surface area contributed by atoms with E-state index >= 15 is 0 Å². The van der Waals surface area contributed by atoms with Gasteiger partial charge in [-0.2, -0.15) is 0 Å². The lowest BCUT2D eigenvalue weighted by Crippen LogP contribution is -2.29. The van der Waals surface area contributed by atoms with Gasteiger partial charge >= 0.3 is 5.97 Å². The molecular formula is C16H15FO4. The van der Waals surface area contributed by atoms with Gasteiger partial charge in [-0.3, -0.25) is 0 Å². The first kappa shape index (κ1) is 15.2. The maximum absolute atomic E-state index is 14.2. The number of ether oxygens (including phenoxy) is 1. The Hall–Kier alpha value is -2.24. The summed E-state index contributed by atoms with van der Waals surface area (Å²) in [5.41, 5.74) is 1.11. The van der Waals surface area contributed by atoms with Crippen LogP contribution in [0.5, 0.6) is 0 Å². The molecule has 2 unspecified atom stereocenters. The number of halogens is 1. The van der Waals surface area contributed by atoms with E-state index in [1.807, 2.05) is 0 Å². The third-order valence-electron chi connectivity index (χ3n) is 3.21. The van der Waals surface area contributed by atoms with Crippen molar-refractivity contribution < 1.29 is 24.1 Å². The molecule has 0 spiro atoms. The highest BCUT2D eigenvalue weighted by Crippen LogP contribution is 2.33. The highest BCUT2D eigenvalue weighted by atomic mass is 19.1. The molecular weight excluding hydrogens is 275 g/mol. The Balaban J connectivity index is 2.59. The molecule has 21 heavy (non-hydrogen) atoms. The molecule has 110 valence electrons. The summed E-state index contributed by atoms with van der Waals surface area (Å²) in [4.78, 5) is 11.0. The van der Waals surface area contributed by atoms with Gasteiger partial charge in [-0.05, 0) is 17.2 Å². The minimum absolute atomic E-state index is 0.227. The molecule has 2 rings (SSSR count). The van der Waals surface area contributed by atoms with Crippen molar-refractivity contribution >= 4 is 5.97 Å². The third-order valence-corrected chi connectivity index (χ3v) is 3.21. The van der Waals surface area contributed by atoms with E-state index in [2.05, 4.69) is 0 Å². The number of aliphatic hydroxyl groups is 1. The van der Waals surface area contributed by atoms with Crippen molar-refractivity contribution in [2.45, 2.75) is 12.2 Å². The molecule has 0 radical (unpaired) electrons. The van der Waals surface area contributed by atoms with E-state index < -0.39 is 24.0 Å². The number of rotatable bonds is 5. The Morgan fingerprint density at radius 3 is 2.38 bits per heavy atom. The van der Waals surface area contributed by atoms with Crippen LogP contribution in [0.4, 0.5) is 4.39 Å². The van der Waals surface area contributed by atoms with Gasteiger partial charge in [0.1, 0.15) is 11.9 Å². The van der Waals surface area contributed by atoms with Crippen LogP contribution >= 0.6 is 0 Å². The van der Waals surface area contributed by atoms with E-state index in [0.29, 0.717) is 11.1 Å². The van der Waals surface area contributed by atoms with Crippen LogP contribution in [0.1, 0.15) is 11.7 Å². The number of aliphatic hydroxyl groups excluding tert-OH is 1. The van der Waals surface area contributed by atoms with E-state index in [0.717, 1.165) is 0 Å². The van der Waals surface area contributed by atoms with Crippen LogP contribution in [0, 0.1) is 5.82 Å². The van der Waals surface area contributed by atoms with E-state index in [-0.39, 0.29) is 5.56 Å². The number of hydrogen-bond donors (Lipinski definition) is 2. The Kier molecular flexibility index (Phi) is 4.67. The lowest BCUT2D eigenvalue weighted by atomic mass is 9.93. The largest absolute Gasteiger partial charge is 0.479 e. The number of carboxylic acid groups (broad SMARTS) is 1. The van der Waals surface area contributed by atoms with Crippen molar-refractivity contribution in [2.24, 2.45) is 0 Å². The van der Waals surface area contributed by atoms with Gasteiger partial charge in [0.25, 0.3) is 0 Å². The summed E-state index contributed by atoms with van der Waals surface area (Å²) in [5, 5.41) is 18.7. The van der Waals surface area contributed by atoms with E-state index in [1.54, 1.807) is 36.4 Å². The highest BCUT2D eigenvalue weighted by molar-refractivity contribution is 5.75. The van der Waals surface area contributed by atoms with Gasteiger partial charge in [-0.25, -0.2) is 9.18 Å². The molecule has 2 atom stereocenters. The first-order valence-electron chi connectivity index (χ1n) is 6.33. The Labute approximate surface area is 121 Å². The Morgan fingerprint density at radius 1 is 1.14 bits per heavy atom. The average Bonchev–Trinajstić information content (AvgIpc) is 2.49. The number of methoxy groups -OCH3 is 1. The summed E-state index contributed by atoms with van der Waals surface area (Å²) < 4.78 is 19.3. The summed E-state index contributed by atoms with van der Waals surface area (Å²) in [6.07, 6.45) is -2.94. The molecule has 0 saturated carbocycles. The monoisotopic (exact) mass is 290 g/mol. The normalized spacial score (nSPS) is 13.7. The number of hydrogen-bond acceptors (Lipinski definition) is 3. The predicted octanol–water partition coefficient (Wildman–Crippen LogP) is 2.63. The summed E-state index contributed by atoms with van der Waals surface area (Å²) in [6, 6.07) is 13.0. The van der Waals surface area contributed by atoms with E-state index in [9.17, 15) is 14.3 Å². The molecule has 0 aromatic heterocycles. The molecule has 2 N–H and O–H groups in total. The van der Waals surface area contributed by atoms with E-state index in [1.165, 1.54) is 19.2 Å². The van der Waals surface area contributed by atoms with Crippen LogP contribution < -0.4 is 0 Å². The number of aliphatic carboxylic acids is 1. The number of benzene rings is 2. The first-order chi connectivity index (χ1) is 10.1. The van der Waals surface area contributed by atoms with Crippen LogP contribution in [0.3, 0.4) is 0 Å². The fourth-order valence-corrected chi connectivity index (χ4v) is 2.24. The molecule has 0 saturated heterocycles. The molecule has 2 aromatic rings. The van der Waals surface area contributed by atoms with Crippen molar-refractivity contribution in [3.63, 3.8) is 0 Å². The molecule has 5 heteroatoms. The standard InChI is InChI=1S/C16H15FO4/c1-21-15(14(18)16(19)20)11-8-5-9-12(17)13(11)10-6-3-2-4-7-10/h2-9,14-15,18H,1H3,(H,19,20). The van der Waals surface area contributed by atoms with Gasteiger partial charge in [0, 0.05) is 12.7 Å². The van der Waals surface area contributed by atoms with Crippen LogP contribution in [0.2, 0.25) is 0 Å². The van der Waals surface area contributed by atoms with Crippen molar-refractivity contribution in [1.82, 2.24) is 0 Å². The van der Waals surface area contributed by atoms with E-state index in [4.69, 9.17) is 9.84 Å². The Bertz CT molecular complexity index is 627. The third kappa shape index (κ3) is 3.09. The predicted molar refractivity (Wildman–Crippen MR) is 75.2 cm³/mol. The van der Waals surface area contributed by atoms with Gasteiger partial charge in [0.15, 0.2) is 6.10 Å². The molecule has 0 aliphatic rings. The van der Waals surface area contributed by atoms with Crippen molar-refractivity contribution in [3.05, 3.63) is 59.9 Å². The maximum atomic E-state index is 14.2. The zero-order valence-corrected chi connectivity index (χ0v) is 11.4. The molecule has 0 aliphatic carbocycles. The maximum Gasteiger partial charge on any atom is 0.335 e. The average molecular weight is 290 g/mol. The van der Waals surface area contributed by atoms with Gasteiger partial charge in [-0.1, -0.05) is 42.5 Å². The molecule has 0 bridgehead atoms. The second-order valence-corrected chi connectivity index (χ2v) is 4.51. The minimum Gasteiger partial charge on any atom is -0.479 e. The van der Waals surface area contributed by atoms with Gasteiger partial charge in [0.2, 0.25) is 0 Å². The minimum atomic E-state index is -1.78. The highest BCUT2D eigenvalue weighted by Gasteiger charge is 2.30. The second kappa shape index (κ2) is 6.47. The van der Waals surface area contributed by atoms with Crippen LogP contribution in [-0.4, -0.2) is 29.4 Å². The number of carboxylic acids is 1. The SMILES string of the molecule is COC(c1cccc(F)c1-c1ccccc1)C(O)C(=O)O. The Morgan fingerprint density at radius 2 is 1.81 bits per heavy atom. The van der Waals surface area contributed by atoms with Gasteiger partial charge < -0.3 is 14.9 Å². The van der Waals surface area contributed by atoms with Crippen LogP contribution in [0.25, 0.3) is 11.1 Å². The van der Waals surface area contributed by atoms with Crippen molar-refractivity contribution in [3.8, 4) is 11.1 Å². The molecule has 4 nitrogen and oxygen atoms in total. The fraction of sp³-hybridized carbons (Fsp3) is 0.188. The molecule has 0 aliphatic heterocycles. The van der Waals surface area contributed by atoms with Crippen molar-refractivity contribution in [2.75, 3.05) is 7.11 Å². The smallest absolute Gasteiger partial charge is 0.335 e. The second-order valence-electron chi connectivity index (χ2n) is 4.51. The zero-order chi connectivity index (χ0) is 15.4. The lowest BCUT2D eigenvalue weighted by Gasteiger charge is -2.22. The number of carbonyl (C=O) groups is 1. The summed E-state index contributed by atoms with van der Waals surface area (Å²) in [6.45, 7) is 0. The molecule has 0 heterocycles. The first-order valence-corrected chi connectivity index (χ1v) is 6.33. The van der Waals surface area contributed by atoms with Gasteiger partial charge in [-0.15, -0.1) is 0 Å². The quantitative estimate of drug-likeness (QED) is 0.888. The van der Waals surface area contributed by atoms with Crippen LogP contribution in [-0.2, 0) is 9.53 Å². The summed E-state index contributed by atoms with van der Waals surface area (Å²) in [7, 11) is 1.27. The topological polar surface area (TPSA) is 66.8 Å². The fourth-order valence-electron chi connectivity index (χ4n) is 2.24. The van der Waals surface area contributed by atoms with Crippen molar-refractivity contribution in [1.29, 1.82) is 0 Å². The lowest BCUT2D eigenvalue weighted by molar-refractivity contribution is -0.154. The molecule has 0 amide bonds. The molecule has 2 aromatic carbocycles.